The lowest BCUT2D eigenvalue weighted by Crippen LogP contribution is -2.22. The topological polar surface area (TPSA) is 59.1 Å². The number of pyridine rings is 1. The summed E-state index contributed by atoms with van der Waals surface area (Å²) in [7, 11) is 0. The van der Waals surface area contributed by atoms with Gasteiger partial charge in [-0.05, 0) is 30.7 Å². The number of nitrogens with two attached hydrogens (primary N) is 1. The van der Waals surface area contributed by atoms with Gasteiger partial charge in [0.2, 0.25) is 0 Å². The van der Waals surface area contributed by atoms with E-state index in [9.17, 15) is 5.11 Å². The molecule has 1 aromatic heterocycles. The minimum Gasteiger partial charge on any atom is -0.398 e. The Morgan fingerprint density at radius 1 is 1.53 bits per heavy atom. The molecule has 1 fully saturated rings. The first-order valence-corrected chi connectivity index (χ1v) is 6.59. The van der Waals surface area contributed by atoms with Gasteiger partial charge in [-0.25, -0.2) is 0 Å². The van der Waals surface area contributed by atoms with E-state index in [-0.39, 0.29) is 0 Å². The van der Waals surface area contributed by atoms with Gasteiger partial charge >= 0.3 is 0 Å². The van der Waals surface area contributed by atoms with Gasteiger partial charge in [-0.2, -0.15) is 0 Å². The molecule has 3 unspecified atom stereocenters. The SMILES string of the molecule is CCC1CCCC(C(O)c2cnccc2N)C1. The molecule has 3 heteroatoms. The average molecular weight is 234 g/mol. The molecule has 1 saturated carbocycles. The Morgan fingerprint density at radius 3 is 3.06 bits per heavy atom. The fraction of sp³-hybridized carbons (Fsp3) is 0.643. The summed E-state index contributed by atoms with van der Waals surface area (Å²) in [5.74, 6) is 1.11. The highest BCUT2D eigenvalue weighted by Crippen LogP contribution is 2.39. The summed E-state index contributed by atoms with van der Waals surface area (Å²) in [6.45, 7) is 2.23. The van der Waals surface area contributed by atoms with E-state index in [2.05, 4.69) is 11.9 Å². The van der Waals surface area contributed by atoms with E-state index in [0.29, 0.717) is 11.6 Å². The largest absolute Gasteiger partial charge is 0.398 e. The number of nitrogens with zero attached hydrogens (tertiary/aromatic N) is 1. The summed E-state index contributed by atoms with van der Waals surface area (Å²) in [4.78, 5) is 4.06. The highest BCUT2D eigenvalue weighted by Gasteiger charge is 2.28. The van der Waals surface area contributed by atoms with Crippen LogP contribution in [0.5, 0.6) is 0 Å². The second-order valence-electron chi connectivity index (χ2n) is 5.15. The molecule has 3 N–H and O–H groups in total. The Kier molecular flexibility index (Phi) is 4.00. The monoisotopic (exact) mass is 234 g/mol. The number of rotatable bonds is 3. The van der Waals surface area contributed by atoms with E-state index >= 15 is 0 Å². The van der Waals surface area contributed by atoms with Gasteiger partial charge in [0.1, 0.15) is 0 Å². The Bertz CT molecular complexity index is 367. The molecular formula is C14H22N2O. The first-order chi connectivity index (χ1) is 8.22. The third kappa shape index (κ3) is 2.78. The highest BCUT2D eigenvalue weighted by atomic mass is 16.3. The van der Waals surface area contributed by atoms with Crippen molar-refractivity contribution in [3.05, 3.63) is 24.0 Å². The first-order valence-electron chi connectivity index (χ1n) is 6.59. The van der Waals surface area contributed by atoms with Crippen molar-refractivity contribution in [3.63, 3.8) is 0 Å². The third-order valence-electron chi connectivity index (χ3n) is 4.05. The number of anilines is 1. The summed E-state index contributed by atoms with van der Waals surface area (Å²) < 4.78 is 0. The van der Waals surface area contributed by atoms with Crippen LogP contribution < -0.4 is 5.73 Å². The van der Waals surface area contributed by atoms with Crippen molar-refractivity contribution in [2.75, 3.05) is 5.73 Å². The van der Waals surface area contributed by atoms with Crippen molar-refractivity contribution in [2.45, 2.75) is 45.1 Å². The van der Waals surface area contributed by atoms with Gasteiger partial charge in [0.05, 0.1) is 6.10 Å². The van der Waals surface area contributed by atoms with Gasteiger partial charge < -0.3 is 10.8 Å². The van der Waals surface area contributed by atoms with Crippen LogP contribution in [0.4, 0.5) is 5.69 Å². The lowest BCUT2D eigenvalue weighted by Gasteiger charge is -2.32. The summed E-state index contributed by atoms with van der Waals surface area (Å²) in [6.07, 6.45) is 8.89. The van der Waals surface area contributed by atoms with Gasteiger partial charge in [-0.3, -0.25) is 4.98 Å². The molecule has 94 valence electrons. The third-order valence-corrected chi connectivity index (χ3v) is 4.05. The molecule has 0 amide bonds. The Hall–Kier alpha value is -1.09. The second-order valence-corrected chi connectivity index (χ2v) is 5.15. The normalized spacial score (nSPS) is 26.7. The molecule has 0 bridgehead atoms. The van der Waals surface area contributed by atoms with Crippen molar-refractivity contribution in [1.82, 2.24) is 4.98 Å². The zero-order chi connectivity index (χ0) is 12.3. The Morgan fingerprint density at radius 2 is 2.35 bits per heavy atom. The predicted octanol–water partition coefficient (Wildman–Crippen LogP) is 2.91. The van der Waals surface area contributed by atoms with Crippen molar-refractivity contribution in [2.24, 2.45) is 11.8 Å². The molecule has 1 aliphatic rings. The van der Waals surface area contributed by atoms with Gasteiger partial charge in [0.15, 0.2) is 0 Å². The molecule has 3 atom stereocenters. The quantitative estimate of drug-likeness (QED) is 0.845. The fourth-order valence-electron chi connectivity index (χ4n) is 2.91. The zero-order valence-electron chi connectivity index (χ0n) is 10.5. The maximum atomic E-state index is 10.4. The van der Waals surface area contributed by atoms with Crippen LogP contribution in [0, 0.1) is 11.8 Å². The number of hydrogen-bond acceptors (Lipinski definition) is 3. The maximum absolute atomic E-state index is 10.4. The van der Waals surface area contributed by atoms with E-state index in [1.54, 1.807) is 18.5 Å². The van der Waals surface area contributed by atoms with Crippen LogP contribution in [0.15, 0.2) is 18.5 Å². The molecule has 0 aromatic carbocycles. The first kappa shape index (κ1) is 12.4. The number of aromatic nitrogens is 1. The smallest absolute Gasteiger partial charge is 0.0853 e. The number of hydrogen-bond donors (Lipinski definition) is 2. The van der Waals surface area contributed by atoms with E-state index in [1.807, 2.05) is 0 Å². The average Bonchev–Trinajstić information content (AvgIpc) is 2.38. The molecule has 17 heavy (non-hydrogen) atoms. The number of nitrogen functional groups attached to an aromatic ring is 1. The lowest BCUT2D eigenvalue weighted by molar-refractivity contribution is 0.0681. The van der Waals surface area contributed by atoms with Gasteiger partial charge in [0.25, 0.3) is 0 Å². The minimum atomic E-state index is -0.446. The van der Waals surface area contributed by atoms with Crippen molar-refractivity contribution >= 4 is 5.69 Å². The van der Waals surface area contributed by atoms with E-state index in [1.165, 1.54) is 19.3 Å². The van der Waals surface area contributed by atoms with Crippen LogP contribution in [-0.2, 0) is 0 Å². The summed E-state index contributed by atoms with van der Waals surface area (Å²) in [5, 5.41) is 10.4. The number of aliphatic hydroxyl groups excluding tert-OH is 1. The van der Waals surface area contributed by atoms with Crippen molar-refractivity contribution in [1.29, 1.82) is 0 Å². The van der Waals surface area contributed by atoms with Gasteiger partial charge in [-0.15, -0.1) is 0 Å². The molecule has 0 aliphatic heterocycles. The van der Waals surface area contributed by atoms with E-state index in [4.69, 9.17) is 5.73 Å². The fourth-order valence-corrected chi connectivity index (χ4v) is 2.91. The summed E-state index contributed by atoms with van der Waals surface area (Å²) >= 11 is 0. The molecule has 1 heterocycles. The highest BCUT2D eigenvalue weighted by molar-refractivity contribution is 5.45. The molecular weight excluding hydrogens is 212 g/mol. The predicted molar refractivity (Wildman–Crippen MR) is 69.3 cm³/mol. The molecule has 2 rings (SSSR count). The van der Waals surface area contributed by atoms with E-state index < -0.39 is 6.10 Å². The van der Waals surface area contributed by atoms with Crippen LogP contribution in [0.25, 0.3) is 0 Å². The van der Waals surface area contributed by atoms with Crippen LogP contribution in [0.1, 0.15) is 50.7 Å². The molecule has 0 saturated heterocycles. The molecule has 0 spiro atoms. The summed E-state index contributed by atoms with van der Waals surface area (Å²) in [5.41, 5.74) is 7.35. The summed E-state index contributed by atoms with van der Waals surface area (Å²) in [6, 6.07) is 1.76. The number of aliphatic hydroxyl groups is 1. The molecule has 0 radical (unpaired) electrons. The molecule has 1 aliphatic carbocycles. The standard InChI is InChI=1S/C14H22N2O/c1-2-10-4-3-5-11(8-10)14(17)12-9-16-7-6-13(12)15/h6-7,9-11,14,17H,2-5,8H2,1H3,(H2,15,16). The molecule has 1 aromatic rings. The maximum Gasteiger partial charge on any atom is 0.0853 e. The van der Waals surface area contributed by atoms with Crippen molar-refractivity contribution in [3.8, 4) is 0 Å². The van der Waals surface area contributed by atoms with Crippen LogP contribution in [0.2, 0.25) is 0 Å². The van der Waals surface area contributed by atoms with Crippen molar-refractivity contribution < 1.29 is 5.11 Å². The van der Waals surface area contributed by atoms with E-state index in [0.717, 1.165) is 24.3 Å². The Balaban J connectivity index is 2.09. The van der Waals surface area contributed by atoms with Gasteiger partial charge in [-0.1, -0.05) is 26.2 Å². The lowest BCUT2D eigenvalue weighted by atomic mass is 9.76. The zero-order valence-corrected chi connectivity index (χ0v) is 10.5. The Labute approximate surface area is 103 Å². The minimum absolute atomic E-state index is 0.347. The van der Waals surface area contributed by atoms with Crippen LogP contribution >= 0.6 is 0 Å². The van der Waals surface area contributed by atoms with Crippen LogP contribution in [0.3, 0.4) is 0 Å². The molecule has 3 nitrogen and oxygen atoms in total. The second kappa shape index (κ2) is 5.50. The van der Waals surface area contributed by atoms with Crippen LogP contribution in [-0.4, -0.2) is 10.1 Å². The van der Waals surface area contributed by atoms with Gasteiger partial charge in [0, 0.05) is 23.6 Å².